The molecule has 0 saturated carbocycles. The minimum atomic E-state index is -0.1000. The van der Waals surface area contributed by atoms with Gasteiger partial charge in [-0.3, -0.25) is 4.79 Å². The molecule has 84 valence electrons. The molecule has 1 aliphatic rings. The van der Waals surface area contributed by atoms with Gasteiger partial charge in [-0.1, -0.05) is 0 Å². The highest BCUT2D eigenvalue weighted by atomic mass is 32.1. The second-order valence-electron chi connectivity index (χ2n) is 3.30. The fourth-order valence-corrected chi connectivity index (χ4v) is 1.58. The van der Waals surface area contributed by atoms with Crippen LogP contribution in [0.3, 0.4) is 0 Å². The average Bonchev–Trinajstić information content (AvgIpc) is 2.62. The molecule has 0 atom stereocenters. The largest absolute Gasteiger partial charge is 0.454 e. The highest BCUT2D eigenvalue weighted by molar-refractivity contribution is 7.80. The summed E-state index contributed by atoms with van der Waals surface area (Å²) in [6.45, 7) is 1.62. The minimum absolute atomic E-state index is 0.0985. The summed E-state index contributed by atoms with van der Waals surface area (Å²) in [5.41, 5.74) is 6.38. The zero-order valence-corrected chi connectivity index (χ0v) is 9.39. The number of ether oxygens (including phenoxy) is 2. The number of nitrogens with one attached hydrogen (secondary N) is 1. The zero-order valence-electron chi connectivity index (χ0n) is 8.57. The van der Waals surface area contributed by atoms with Crippen LogP contribution in [0.5, 0.6) is 11.5 Å². The fourth-order valence-electron chi connectivity index (χ4n) is 1.47. The van der Waals surface area contributed by atoms with Gasteiger partial charge >= 0.3 is 0 Å². The highest BCUT2D eigenvalue weighted by Gasteiger charge is 2.19. The van der Waals surface area contributed by atoms with Gasteiger partial charge in [-0.05, 0) is 25.2 Å². The molecule has 1 aromatic carbocycles. The standard InChI is InChI=1S/C10H10N2O3S/c1-5(13)6-2-8-9(15-4-14-8)3-7(6)12-10(11)16/h2-3H,4H2,1H3,(H3,11,12,16). The van der Waals surface area contributed by atoms with E-state index >= 15 is 0 Å². The Hall–Kier alpha value is -1.82. The lowest BCUT2D eigenvalue weighted by Crippen LogP contribution is -2.20. The summed E-state index contributed by atoms with van der Waals surface area (Å²) in [5.74, 6) is 1.03. The first kappa shape index (κ1) is 10.7. The summed E-state index contributed by atoms with van der Waals surface area (Å²) >= 11 is 4.73. The summed E-state index contributed by atoms with van der Waals surface area (Å²) in [6.07, 6.45) is 0. The molecule has 0 aromatic heterocycles. The lowest BCUT2D eigenvalue weighted by Gasteiger charge is -2.09. The van der Waals surface area contributed by atoms with Crippen LogP contribution in [0, 0.1) is 0 Å². The van der Waals surface area contributed by atoms with Crippen molar-refractivity contribution in [2.24, 2.45) is 5.73 Å². The molecule has 1 heterocycles. The van der Waals surface area contributed by atoms with Crippen molar-refractivity contribution in [2.75, 3.05) is 12.1 Å². The molecule has 6 heteroatoms. The van der Waals surface area contributed by atoms with Crippen LogP contribution in [0.25, 0.3) is 0 Å². The molecule has 1 aromatic rings. The lowest BCUT2D eigenvalue weighted by atomic mass is 10.1. The van der Waals surface area contributed by atoms with Crippen LogP contribution in [0.4, 0.5) is 5.69 Å². The number of nitrogens with two attached hydrogens (primary N) is 1. The smallest absolute Gasteiger partial charge is 0.231 e. The van der Waals surface area contributed by atoms with Crippen molar-refractivity contribution in [3.05, 3.63) is 17.7 Å². The number of fused-ring (bicyclic) bond motifs is 1. The quantitative estimate of drug-likeness (QED) is 0.597. The molecule has 5 nitrogen and oxygen atoms in total. The Morgan fingerprint density at radius 3 is 2.62 bits per heavy atom. The Balaban J connectivity index is 2.48. The van der Waals surface area contributed by atoms with E-state index in [1.807, 2.05) is 0 Å². The number of carbonyl (C=O) groups excluding carboxylic acids is 1. The molecule has 1 aliphatic heterocycles. The van der Waals surface area contributed by atoms with Crippen molar-refractivity contribution < 1.29 is 14.3 Å². The number of ketones is 1. The predicted octanol–water partition coefficient (Wildman–Crippen LogP) is 1.27. The highest BCUT2D eigenvalue weighted by Crippen LogP contribution is 2.37. The summed E-state index contributed by atoms with van der Waals surface area (Å²) in [4.78, 5) is 11.4. The van der Waals surface area contributed by atoms with E-state index in [0.29, 0.717) is 22.7 Å². The van der Waals surface area contributed by atoms with Gasteiger partial charge in [-0.25, -0.2) is 0 Å². The Bertz CT molecular complexity index is 473. The maximum absolute atomic E-state index is 11.4. The predicted molar refractivity (Wildman–Crippen MR) is 63.0 cm³/mol. The van der Waals surface area contributed by atoms with Crippen molar-refractivity contribution in [1.82, 2.24) is 0 Å². The van der Waals surface area contributed by atoms with E-state index < -0.39 is 0 Å². The SMILES string of the molecule is CC(=O)c1cc2c(cc1NC(N)=S)OCO2. The zero-order chi connectivity index (χ0) is 11.7. The van der Waals surface area contributed by atoms with E-state index in [1.165, 1.54) is 6.92 Å². The number of carbonyl (C=O) groups is 1. The summed E-state index contributed by atoms with van der Waals surface area (Å²) in [6, 6.07) is 3.27. The van der Waals surface area contributed by atoms with Gasteiger partial charge in [0.05, 0.1) is 5.69 Å². The van der Waals surface area contributed by atoms with Gasteiger partial charge in [0.1, 0.15) is 0 Å². The summed E-state index contributed by atoms with van der Waals surface area (Å²) in [5, 5.41) is 2.84. The van der Waals surface area contributed by atoms with Gasteiger partial charge in [0.15, 0.2) is 22.4 Å². The van der Waals surface area contributed by atoms with Crippen LogP contribution >= 0.6 is 12.2 Å². The third kappa shape index (κ3) is 1.92. The first-order valence-corrected chi connectivity index (χ1v) is 5.00. The van der Waals surface area contributed by atoms with Crippen molar-refractivity contribution in [3.8, 4) is 11.5 Å². The lowest BCUT2D eigenvalue weighted by molar-refractivity contribution is 0.101. The third-order valence-electron chi connectivity index (χ3n) is 2.15. The van der Waals surface area contributed by atoms with E-state index in [9.17, 15) is 4.79 Å². The first-order chi connectivity index (χ1) is 7.58. The average molecular weight is 238 g/mol. The number of rotatable bonds is 2. The maximum Gasteiger partial charge on any atom is 0.231 e. The third-order valence-corrected chi connectivity index (χ3v) is 2.25. The van der Waals surface area contributed by atoms with Crippen LogP contribution in [-0.4, -0.2) is 17.7 Å². The van der Waals surface area contributed by atoms with Crippen LogP contribution in [0.1, 0.15) is 17.3 Å². The molecule has 3 N–H and O–H groups in total. The normalized spacial score (nSPS) is 12.3. The van der Waals surface area contributed by atoms with E-state index in [0.717, 1.165) is 0 Å². The molecule has 0 amide bonds. The Morgan fingerprint density at radius 2 is 2.06 bits per heavy atom. The number of benzene rings is 1. The van der Waals surface area contributed by atoms with E-state index in [4.69, 9.17) is 27.4 Å². The molecule has 16 heavy (non-hydrogen) atoms. The van der Waals surface area contributed by atoms with Gasteiger partial charge in [-0.15, -0.1) is 0 Å². The molecule has 0 spiro atoms. The van der Waals surface area contributed by atoms with Crippen molar-refractivity contribution in [2.45, 2.75) is 6.92 Å². The maximum atomic E-state index is 11.4. The van der Waals surface area contributed by atoms with Gasteiger partial charge in [-0.2, -0.15) is 0 Å². The van der Waals surface area contributed by atoms with E-state index in [1.54, 1.807) is 12.1 Å². The molecule has 0 radical (unpaired) electrons. The molecule has 0 unspecified atom stereocenters. The van der Waals surface area contributed by atoms with Crippen molar-refractivity contribution in [1.29, 1.82) is 0 Å². The fraction of sp³-hybridized carbons (Fsp3) is 0.200. The molecule has 0 bridgehead atoms. The molecule has 2 rings (SSSR count). The van der Waals surface area contributed by atoms with Gasteiger partial charge in [0.2, 0.25) is 6.79 Å². The van der Waals surface area contributed by atoms with Gasteiger partial charge in [0, 0.05) is 11.6 Å². The Morgan fingerprint density at radius 1 is 1.44 bits per heavy atom. The van der Waals surface area contributed by atoms with Crippen molar-refractivity contribution >= 4 is 28.8 Å². The van der Waals surface area contributed by atoms with Gasteiger partial charge in [0.25, 0.3) is 0 Å². The molecule has 0 aliphatic carbocycles. The number of Topliss-reactive ketones (excluding diaryl/α,β-unsaturated/α-hetero) is 1. The topological polar surface area (TPSA) is 73.6 Å². The van der Waals surface area contributed by atoms with Crippen LogP contribution in [0.2, 0.25) is 0 Å². The Labute approximate surface area is 97.5 Å². The van der Waals surface area contributed by atoms with Gasteiger partial charge < -0.3 is 20.5 Å². The first-order valence-electron chi connectivity index (χ1n) is 4.59. The second kappa shape index (κ2) is 3.97. The number of hydrogen-bond donors (Lipinski definition) is 2. The number of thiocarbonyl (C=S) groups is 1. The Kier molecular flexibility index (Phi) is 2.66. The number of anilines is 1. The summed E-state index contributed by atoms with van der Waals surface area (Å²) < 4.78 is 10.4. The van der Waals surface area contributed by atoms with E-state index in [2.05, 4.69) is 5.32 Å². The number of hydrogen-bond acceptors (Lipinski definition) is 4. The minimum Gasteiger partial charge on any atom is -0.454 e. The van der Waals surface area contributed by atoms with Crippen LogP contribution < -0.4 is 20.5 Å². The van der Waals surface area contributed by atoms with Crippen LogP contribution in [0.15, 0.2) is 12.1 Å². The van der Waals surface area contributed by atoms with Crippen molar-refractivity contribution in [3.63, 3.8) is 0 Å². The molecule has 0 saturated heterocycles. The van der Waals surface area contributed by atoms with Crippen LogP contribution in [-0.2, 0) is 0 Å². The monoisotopic (exact) mass is 238 g/mol. The molecular weight excluding hydrogens is 228 g/mol. The molecule has 0 fully saturated rings. The molecular formula is C10H10N2O3S. The second-order valence-corrected chi connectivity index (χ2v) is 3.74. The van der Waals surface area contributed by atoms with E-state index in [-0.39, 0.29) is 17.7 Å². The summed E-state index contributed by atoms with van der Waals surface area (Å²) in [7, 11) is 0.